The van der Waals surface area contributed by atoms with Crippen molar-refractivity contribution < 1.29 is 4.74 Å². The Morgan fingerprint density at radius 2 is 2.10 bits per heavy atom. The summed E-state index contributed by atoms with van der Waals surface area (Å²) in [4.78, 5) is 2.75. The first kappa shape index (κ1) is 14.8. The lowest BCUT2D eigenvalue weighted by molar-refractivity contribution is -0.0894. The molecule has 3 heteroatoms. The second-order valence-corrected chi connectivity index (χ2v) is 7.17. The summed E-state index contributed by atoms with van der Waals surface area (Å²) in [6, 6.07) is 0.731. The van der Waals surface area contributed by atoms with E-state index >= 15 is 0 Å². The number of hydrogen-bond donors (Lipinski definition) is 1. The highest BCUT2D eigenvalue weighted by molar-refractivity contribution is 4.87. The average molecular weight is 280 g/mol. The molecular weight excluding hydrogens is 248 g/mol. The molecule has 20 heavy (non-hydrogen) atoms. The lowest BCUT2D eigenvalue weighted by Gasteiger charge is -2.44. The normalized spacial score (nSPS) is 37.4. The first-order valence-corrected chi connectivity index (χ1v) is 8.91. The molecule has 116 valence electrons. The van der Waals surface area contributed by atoms with Crippen molar-refractivity contribution in [3.8, 4) is 0 Å². The molecule has 2 aliphatic heterocycles. The van der Waals surface area contributed by atoms with Crippen molar-refractivity contribution in [2.75, 3.05) is 32.8 Å². The summed E-state index contributed by atoms with van der Waals surface area (Å²) in [6.07, 6.45) is 10.2. The van der Waals surface area contributed by atoms with Gasteiger partial charge in [-0.1, -0.05) is 19.8 Å². The third-order valence-corrected chi connectivity index (χ3v) is 5.86. The van der Waals surface area contributed by atoms with E-state index in [-0.39, 0.29) is 0 Å². The maximum Gasteiger partial charge on any atom is 0.0730 e. The van der Waals surface area contributed by atoms with Gasteiger partial charge < -0.3 is 10.1 Å². The van der Waals surface area contributed by atoms with E-state index < -0.39 is 0 Å². The van der Waals surface area contributed by atoms with Crippen LogP contribution in [0.5, 0.6) is 0 Å². The highest BCUT2D eigenvalue weighted by Gasteiger charge is 2.34. The van der Waals surface area contributed by atoms with Gasteiger partial charge in [0.2, 0.25) is 0 Å². The van der Waals surface area contributed by atoms with E-state index in [9.17, 15) is 0 Å². The van der Waals surface area contributed by atoms with Crippen molar-refractivity contribution in [2.45, 2.75) is 64.0 Å². The van der Waals surface area contributed by atoms with Gasteiger partial charge in [0.05, 0.1) is 12.7 Å². The Balaban J connectivity index is 1.46. The van der Waals surface area contributed by atoms with Crippen molar-refractivity contribution >= 4 is 0 Å². The number of fused-ring (bicyclic) bond motifs is 1. The molecular formula is C17H32N2O. The zero-order valence-electron chi connectivity index (χ0n) is 13.2. The third-order valence-electron chi connectivity index (χ3n) is 5.86. The van der Waals surface area contributed by atoms with E-state index in [0.29, 0.717) is 6.10 Å². The smallest absolute Gasteiger partial charge is 0.0730 e. The van der Waals surface area contributed by atoms with E-state index in [1.807, 2.05) is 0 Å². The van der Waals surface area contributed by atoms with Crippen molar-refractivity contribution in [1.29, 1.82) is 0 Å². The average Bonchev–Trinajstić information content (AvgIpc) is 2.53. The number of nitrogens with one attached hydrogen (secondary N) is 1. The molecule has 3 nitrogen and oxygen atoms in total. The summed E-state index contributed by atoms with van der Waals surface area (Å²) >= 11 is 0. The second kappa shape index (κ2) is 7.24. The predicted octanol–water partition coefficient (Wildman–Crippen LogP) is 2.66. The van der Waals surface area contributed by atoms with Crippen LogP contribution in [0.3, 0.4) is 0 Å². The van der Waals surface area contributed by atoms with E-state index in [1.54, 1.807) is 0 Å². The number of hydrogen-bond acceptors (Lipinski definition) is 3. The molecule has 4 atom stereocenters. The van der Waals surface area contributed by atoms with Gasteiger partial charge in [-0.25, -0.2) is 0 Å². The van der Waals surface area contributed by atoms with E-state index in [1.165, 1.54) is 64.6 Å². The van der Waals surface area contributed by atoms with Gasteiger partial charge in [0.1, 0.15) is 0 Å². The first-order valence-electron chi connectivity index (χ1n) is 8.91. The largest absolute Gasteiger partial charge is 0.375 e. The fourth-order valence-corrected chi connectivity index (χ4v) is 4.42. The number of ether oxygens (including phenoxy) is 1. The third kappa shape index (κ3) is 3.55. The minimum atomic E-state index is 0.546. The Morgan fingerprint density at radius 3 is 2.95 bits per heavy atom. The number of rotatable bonds is 4. The lowest BCUT2D eigenvalue weighted by Crippen LogP contribution is -2.53. The van der Waals surface area contributed by atoms with E-state index in [0.717, 1.165) is 31.0 Å². The lowest BCUT2D eigenvalue weighted by atomic mass is 9.84. The van der Waals surface area contributed by atoms with Gasteiger partial charge in [0, 0.05) is 12.6 Å². The molecule has 4 unspecified atom stereocenters. The van der Waals surface area contributed by atoms with Crippen LogP contribution in [0.4, 0.5) is 0 Å². The summed E-state index contributed by atoms with van der Waals surface area (Å²) in [5, 5.41) is 3.57. The molecule has 0 radical (unpaired) electrons. The van der Waals surface area contributed by atoms with Crippen LogP contribution in [-0.4, -0.2) is 49.8 Å². The van der Waals surface area contributed by atoms with Crippen LogP contribution in [0.25, 0.3) is 0 Å². The molecule has 0 spiro atoms. The first-order chi connectivity index (χ1) is 9.84. The maximum absolute atomic E-state index is 5.98. The highest BCUT2D eigenvalue weighted by Crippen LogP contribution is 2.30. The summed E-state index contributed by atoms with van der Waals surface area (Å²) in [5.41, 5.74) is 0. The molecule has 0 aromatic heterocycles. The van der Waals surface area contributed by atoms with Crippen LogP contribution in [0.1, 0.15) is 51.9 Å². The zero-order valence-corrected chi connectivity index (χ0v) is 13.2. The van der Waals surface area contributed by atoms with E-state index in [4.69, 9.17) is 4.74 Å². The van der Waals surface area contributed by atoms with Crippen LogP contribution in [0.15, 0.2) is 0 Å². The minimum absolute atomic E-state index is 0.546. The number of piperidine rings is 1. The quantitative estimate of drug-likeness (QED) is 0.857. The van der Waals surface area contributed by atoms with Crippen molar-refractivity contribution in [3.63, 3.8) is 0 Å². The monoisotopic (exact) mass is 280 g/mol. The zero-order chi connectivity index (χ0) is 13.8. The summed E-state index contributed by atoms with van der Waals surface area (Å²) in [5.74, 6) is 1.78. The molecule has 1 N–H and O–H groups in total. The van der Waals surface area contributed by atoms with Gasteiger partial charge in [0.15, 0.2) is 0 Å². The fourth-order valence-electron chi connectivity index (χ4n) is 4.42. The molecule has 3 fully saturated rings. The summed E-state index contributed by atoms with van der Waals surface area (Å²) < 4.78 is 5.98. The molecule has 0 amide bonds. The Kier molecular flexibility index (Phi) is 5.36. The van der Waals surface area contributed by atoms with Crippen molar-refractivity contribution in [2.24, 2.45) is 11.8 Å². The van der Waals surface area contributed by atoms with Gasteiger partial charge >= 0.3 is 0 Å². The molecule has 1 saturated carbocycles. The Hall–Kier alpha value is -0.120. The van der Waals surface area contributed by atoms with Crippen LogP contribution < -0.4 is 5.32 Å². The van der Waals surface area contributed by atoms with Crippen molar-refractivity contribution in [3.05, 3.63) is 0 Å². The van der Waals surface area contributed by atoms with Gasteiger partial charge in [-0.3, -0.25) is 4.90 Å². The SMILES string of the molecule is CC(CCN1CCOC2CCCCC21)C1CCCNC1. The van der Waals surface area contributed by atoms with Gasteiger partial charge in [0.25, 0.3) is 0 Å². The molecule has 2 saturated heterocycles. The van der Waals surface area contributed by atoms with Crippen molar-refractivity contribution in [1.82, 2.24) is 10.2 Å². The molecule has 3 rings (SSSR count). The molecule has 1 aliphatic carbocycles. The van der Waals surface area contributed by atoms with E-state index in [2.05, 4.69) is 17.1 Å². The minimum Gasteiger partial charge on any atom is -0.375 e. The Labute approximate surface area is 124 Å². The molecule has 0 bridgehead atoms. The molecule has 3 aliphatic rings. The number of morpholine rings is 1. The maximum atomic E-state index is 5.98. The Bertz CT molecular complexity index is 289. The molecule has 2 heterocycles. The van der Waals surface area contributed by atoms with Gasteiger partial charge in [-0.15, -0.1) is 0 Å². The van der Waals surface area contributed by atoms with Crippen LogP contribution >= 0.6 is 0 Å². The second-order valence-electron chi connectivity index (χ2n) is 7.17. The van der Waals surface area contributed by atoms with Gasteiger partial charge in [-0.2, -0.15) is 0 Å². The molecule has 0 aromatic carbocycles. The topological polar surface area (TPSA) is 24.5 Å². The summed E-state index contributed by atoms with van der Waals surface area (Å²) in [7, 11) is 0. The van der Waals surface area contributed by atoms with Crippen LogP contribution in [0, 0.1) is 11.8 Å². The standard InChI is InChI=1S/C17H32N2O/c1-14(15-5-4-9-18-13-15)8-10-19-11-12-20-17-7-3-2-6-16(17)19/h14-18H,2-13H2,1H3. The number of nitrogens with zero attached hydrogens (tertiary/aromatic N) is 1. The predicted molar refractivity (Wildman–Crippen MR) is 82.9 cm³/mol. The fraction of sp³-hybridized carbons (Fsp3) is 1.00. The van der Waals surface area contributed by atoms with Crippen LogP contribution in [-0.2, 0) is 4.74 Å². The molecule has 0 aromatic rings. The van der Waals surface area contributed by atoms with Gasteiger partial charge in [-0.05, 0) is 63.6 Å². The highest BCUT2D eigenvalue weighted by atomic mass is 16.5. The summed E-state index contributed by atoms with van der Waals surface area (Å²) in [6.45, 7) is 8.36. The van der Waals surface area contributed by atoms with Crippen LogP contribution in [0.2, 0.25) is 0 Å². The Morgan fingerprint density at radius 1 is 1.20 bits per heavy atom.